The van der Waals surface area contributed by atoms with E-state index in [4.69, 9.17) is 0 Å². The number of likely N-dealkylation sites (N-methyl/N-ethyl adjacent to an activating group) is 1. The third-order valence-corrected chi connectivity index (χ3v) is 4.07. The standard InChI is InChI=1S/C16H29NS/c1-6-17-14(11-15-8-7-9-18-15)10-13(2)12-16(3,4)5/h7-9,13-14,17H,6,10-12H2,1-5H3. The molecular formula is C16H29NS. The zero-order valence-corrected chi connectivity index (χ0v) is 13.4. The predicted molar refractivity (Wildman–Crippen MR) is 83.3 cm³/mol. The molecule has 0 aliphatic carbocycles. The number of hydrogen-bond donors (Lipinski definition) is 1. The van der Waals surface area contributed by atoms with Crippen LogP contribution in [-0.2, 0) is 6.42 Å². The van der Waals surface area contributed by atoms with Crippen molar-refractivity contribution in [3.63, 3.8) is 0 Å². The Kier molecular flexibility index (Phi) is 6.37. The van der Waals surface area contributed by atoms with Crippen LogP contribution in [0.4, 0.5) is 0 Å². The van der Waals surface area contributed by atoms with E-state index >= 15 is 0 Å². The van der Waals surface area contributed by atoms with Crippen LogP contribution < -0.4 is 5.32 Å². The van der Waals surface area contributed by atoms with Gasteiger partial charge in [0.25, 0.3) is 0 Å². The molecule has 0 radical (unpaired) electrons. The van der Waals surface area contributed by atoms with Crippen molar-refractivity contribution in [1.29, 1.82) is 0 Å². The van der Waals surface area contributed by atoms with E-state index in [9.17, 15) is 0 Å². The van der Waals surface area contributed by atoms with E-state index in [-0.39, 0.29) is 0 Å². The van der Waals surface area contributed by atoms with Gasteiger partial charge >= 0.3 is 0 Å². The fourth-order valence-electron chi connectivity index (χ4n) is 2.81. The minimum Gasteiger partial charge on any atom is -0.314 e. The van der Waals surface area contributed by atoms with Gasteiger partial charge in [-0.25, -0.2) is 0 Å². The zero-order valence-electron chi connectivity index (χ0n) is 12.6. The summed E-state index contributed by atoms with van der Waals surface area (Å²) in [7, 11) is 0. The van der Waals surface area contributed by atoms with E-state index in [0.717, 1.165) is 12.5 Å². The number of hydrogen-bond acceptors (Lipinski definition) is 2. The lowest BCUT2D eigenvalue weighted by atomic mass is 9.82. The van der Waals surface area contributed by atoms with Gasteiger partial charge < -0.3 is 5.32 Å². The van der Waals surface area contributed by atoms with Crippen molar-refractivity contribution < 1.29 is 0 Å². The van der Waals surface area contributed by atoms with Gasteiger partial charge in [-0.15, -0.1) is 11.3 Å². The average molecular weight is 267 g/mol. The maximum Gasteiger partial charge on any atom is 0.0118 e. The molecule has 1 heterocycles. The second-order valence-corrected chi connectivity index (χ2v) is 7.68. The molecule has 1 N–H and O–H groups in total. The third kappa shape index (κ3) is 6.55. The van der Waals surface area contributed by atoms with Crippen molar-refractivity contribution >= 4 is 11.3 Å². The maximum atomic E-state index is 3.64. The van der Waals surface area contributed by atoms with Crippen LogP contribution in [0.25, 0.3) is 0 Å². The molecule has 1 aromatic heterocycles. The van der Waals surface area contributed by atoms with Crippen molar-refractivity contribution in [1.82, 2.24) is 5.32 Å². The second kappa shape index (κ2) is 7.30. The monoisotopic (exact) mass is 267 g/mol. The molecule has 0 fully saturated rings. The summed E-state index contributed by atoms with van der Waals surface area (Å²) in [5.41, 5.74) is 0.444. The smallest absolute Gasteiger partial charge is 0.0118 e. The zero-order chi connectivity index (χ0) is 13.6. The lowest BCUT2D eigenvalue weighted by Crippen LogP contribution is -2.33. The fourth-order valence-corrected chi connectivity index (χ4v) is 3.60. The topological polar surface area (TPSA) is 12.0 Å². The van der Waals surface area contributed by atoms with E-state index in [1.165, 1.54) is 24.1 Å². The summed E-state index contributed by atoms with van der Waals surface area (Å²) >= 11 is 1.88. The SMILES string of the molecule is CCNC(Cc1cccs1)CC(C)CC(C)(C)C. The van der Waals surface area contributed by atoms with Crippen LogP contribution in [0.5, 0.6) is 0 Å². The molecule has 0 amide bonds. The number of nitrogens with one attached hydrogen (secondary N) is 1. The largest absolute Gasteiger partial charge is 0.314 e. The Bertz CT molecular complexity index is 310. The Morgan fingerprint density at radius 1 is 1.33 bits per heavy atom. The van der Waals surface area contributed by atoms with Crippen molar-refractivity contribution in [2.45, 2.75) is 59.9 Å². The molecule has 2 heteroatoms. The number of thiophene rings is 1. The Labute approximate surface area is 117 Å². The van der Waals surface area contributed by atoms with Crippen LogP contribution >= 0.6 is 11.3 Å². The van der Waals surface area contributed by atoms with Crippen molar-refractivity contribution in [3.8, 4) is 0 Å². The minimum atomic E-state index is 0.444. The van der Waals surface area contributed by atoms with Gasteiger partial charge in [-0.1, -0.05) is 40.7 Å². The molecule has 104 valence electrons. The van der Waals surface area contributed by atoms with Crippen LogP contribution in [0.15, 0.2) is 17.5 Å². The Balaban J connectivity index is 2.46. The summed E-state index contributed by atoms with van der Waals surface area (Å²) < 4.78 is 0. The fraction of sp³-hybridized carbons (Fsp3) is 0.750. The first-order valence-corrected chi connectivity index (χ1v) is 8.04. The van der Waals surface area contributed by atoms with Crippen LogP contribution in [0.3, 0.4) is 0 Å². The lowest BCUT2D eigenvalue weighted by molar-refractivity contribution is 0.275. The first-order valence-electron chi connectivity index (χ1n) is 7.16. The Morgan fingerprint density at radius 3 is 2.56 bits per heavy atom. The Morgan fingerprint density at radius 2 is 2.06 bits per heavy atom. The van der Waals surface area contributed by atoms with Gasteiger partial charge in [-0.3, -0.25) is 0 Å². The summed E-state index contributed by atoms with van der Waals surface area (Å²) in [6, 6.07) is 5.04. The highest BCUT2D eigenvalue weighted by atomic mass is 32.1. The molecule has 0 saturated heterocycles. The predicted octanol–water partition coefficient (Wildman–Crippen LogP) is 4.73. The molecule has 18 heavy (non-hydrogen) atoms. The van der Waals surface area contributed by atoms with Gasteiger partial charge in [-0.05, 0) is 48.6 Å². The molecule has 2 unspecified atom stereocenters. The summed E-state index contributed by atoms with van der Waals surface area (Å²) in [6.45, 7) is 12.7. The maximum absolute atomic E-state index is 3.64. The summed E-state index contributed by atoms with van der Waals surface area (Å²) in [5.74, 6) is 0.786. The molecule has 2 atom stereocenters. The molecule has 0 aromatic carbocycles. The van der Waals surface area contributed by atoms with E-state index in [2.05, 4.69) is 57.4 Å². The molecule has 0 aliphatic rings. The summed E-state index contributed by atoms with van der Waals surface area (Å²) in [5, 5.41) is 5.82. The van der Waals surface area contributed by atoms with Gasteiger partial charge in [0.15, 0.2) is 0 Å². The van der Waals surface area contributed by atoms with Crippen molar-refractivity contribution in [2.75, 3.05) is 6.54 Å². The van der Waals surface area contributed by atoms with Gasteiger partial charge in [-0.2, -0.15) is 0 Å². The summed E-state index contributed by atoms with van der Waals surface area (Å²) in [6.07, 6.45) is 3.77. The molecule has 0 bridgehead atoms. The van der Waals surface area contributed by atoms with Gasteiger partial charge in [0.05, 0.1) is 0 Å². The first-order chi connectivity index (χ1) is 8.40. The van der Waals surface area contributed by atoms with Crippen molar-refractivity contribution in [3.05, 3.63) is 22.4 Å². The molecule has 0 spiro atoms. The van der Waals surface area contributed by atoms with E-state index in [1.54, 1.807) is 0 Å². The normalized spacial score (nSPS) is 15.6. The highest BCUT2D eigenvalue weighted by Crippen LogP contribution is 2.27. The van der Waals surface area contributed by atoms with Crippen LogP contribution in [0, 0.1) is 11.3 Å². The van der Waals surface area contributed by atoms with Gasteiger partial charge in [0.2, 0.25) is 0 Å². The molecule has 1 rings (SSSR count). The highest BCUT2D eigenvalue weighted by Gasteiger charge is 2.19. The quantitative estimate of drug-likeness (QED) is 0.753. The van der Waals surface area contributed by atoms with Gasteiger partial charge in [0, 0.05) is 10.9 Å². The highest BCUT2D eigenvalue weighted by molar-refractivity contribution is 7.09. The molecule has 1 aromatic rings. The lowest BCUT2D eigenvalue weighted by Gasteiger charge is -2.27. The second-order valence-electron chi connectivity index (χ2n) is 6.64. The summed E-state index contributed by atoms with van der Waals surface area (Å²) in [4.78, 5) is 1.50. The molecule has 1 nitrogen and oxygen atoms in total. The van der Waals surface area contributed by atoms with Crippen LogP contribution in [0.2, 0.25) is 0 Å². The minimum absolute atomic E-state index is 0.444. The number of rotatable bonds is 7. The van der Waals surface area contributed by atoms with Crippen LogP contribution in [-0.4, -0.2) is 12.6 Å². The van der Waals surface area contributed by atoms with Gasteiger partial charge in [0.1, 0.15) is 0 Å². The van der Waals surface area contributed by atoms with E-state index < -0.39 is 0 Å². The molecular weight excluding hydrogens is 238 g/mol. The van der Waals surface area contributed by atoms with E-state index in [1.807, 2.05) is 11.3 Å². The first kappa shape index (κ1) is 15.7. The third-order valence-electron chi connectivity index (χ3n) is 3.17. The molecule has 0 saturated carbocycles. The average Bonchev–Trinajstić information content (AvgIpc) is 2.67. The molecule has 0 aliphatic heterocycles. The van der Waals surface area contributed by atoms with Crippen LogP contribution in [0.1, 0.15) is 52.3 Å². The Hall–Kier alpha value is -0.340. The van der Waals surface area contributed by atoms with E-state index in [0.29, 0.717) is 11.5 Å². The van der Waals surface area contributed by atoms with Crippen molar-refractivity contribution in [2.24, 2.45) is 11.3 Å².